The van der Waals surface area contributed by atoms with Gasteiger partial charge in [-0.2, -0.15) is 0 Å². The van der Waals surface area contributed by atoms with Gasteiger partial charge in [0.05, 0.1) is 0 Å². The van der Waals surface area contributed by atoms with E-state index in [0.29, 0.717) is 10.8 Å². The van der Waals surface area contributed by atoms with E-state index in [2.05, 4.69) is 27.7 Å². The molecule has 0 amide bonds. The van der Waals surface area contributed by atoms with Gasteiger partial charge in [-0.05, 0) is 41.9 Å². The predicted octanol–water partition coefficient (Wildman–Crippen LogP) is 3.47. The number of hydrogen-bond acceptors (Lipinski definition) is 0. The molecule has 0 aromatic carbocycles. The molecule has 0 aromatic rings. The van der Waals surface area contributed by atoms with Crippen LogP contribution in [0, 0.1) is 22.7 Å². The van der Waals surface area contributed by atoms with E-state index in [4.69, 9.17) is 0 Å². The molecule has 0 saturated heterocycles. The van der Waals surface area contributed by atoms with Gasteiger partial charge in [-0.15, -0.1) is 0 Å². The van der Waals surface area contributed by atoms with Crippen molar-refractivity contribution in [2.24, 2.45) is 22.7 Å². The molecule has 0 aromatic heterocycles. The van der Waals surface area contributed by atoms with Gasteiger partial charge < -0.3 is 0 Å². The Kier molecular flexibility index (Phi) is 1.28. The van der Waals surface area contributed by atoms with Crippen molar-refractivity contribution in [2.45, 2.75) is 47.0 Å². The van der Waals surface area contributed by atoms with E-state index in [1.807, 2.05) is 0 Å². The summed E-state index contributed by atoms with van der Waals surface area (Å²) in [5.41, 5.74) is 1.30. The summed E-state index contributed by atoms with van der Waals surface area (Å²) < 4.78 is 0. The van der Waals surface area contributed by atoms with Crippen LogP contribution in [-0.4, -0.2) is 0 Å². The van der Waals surface area contributed by atoms with Gasteiger partial charge in [-0.3, -0.25) is 0 Å². The Hall–Kier alpha value is 0. The average molecular weight is 152 g/mol. The van der Waals surface area contributed by atoms with Crippen molar-refractivity contribution in [3.05, 3.63) is 0 Å². The van der Waals surface area contributed by atoms with E-state index in [0.717, 1.165) is 11.8 Å². The normalized spacial score (nSPS) is 53.5. The molecule has 2 aliphatic carbocycles. The fourth-order valence-electron chi connectivity index (χ4n) is 3.60. The monoisotopic (exact) mass is 152 g/mol. The molecule has 2 bridgehead atoms. The lowest BCUT2D eigenvalue weighted by Crippen LogP contribution is -2.30. The topological polar surface area (TPSA) is 0 Å². The van der Waals surface area contributed by atoms with Crippen LogP contribution < -0.4 is 0 Å². The molecular weight excluding hydrogens is 132 g/mol. The van der Waals surface area contributed by atoms with E-state index >= 15 is 0 Å². The minimum atomic E-state index is 0.631. The molecule has 2 aliphatic rings. The Morgan fingerprint density at radius 3 is 2.00 bits per heavy atom. The smallest absolute Gasteiger partial charge is 0.0246 e. The van der Waals surface area contributed by atoms with Crippen LogP contribution in [0.2, 0.25) is 0 Å². The van der Waals surface area contributed by atoms with Crippen molar-refractivity contribution in [3.63, 3.8) is 0 Å². The minimum absolute atomic E-state index is 0.631. The van der Waals surface area contributed by atoms with Crippen molar-refractivity contribution in [1.29, 1.82) is 0 Å². The second-order valence-electron chi connectivity index (χ2n) is 5.51. The summed E-state index contributed by atoms with van der Waals surface area (Å²) in [7, 11) is 0. The van der Waals surface area contributed by atoms with E-state index in [1.54, 1.807) is 0 Å². The van der Waals surface area contributed by atoms with Crippen molar-refractivity contribution < 1.29 is 0 Å². The molecule has 0 spiro atoms. The lowest BCUT2D eigenvalue weighted by molar-refractivity contribution is 0.112. The Morgan fingerprint density at radius 2 is 1.82 bits per heavy atom. The van der Waals surface area contributed by atoms with Crippen LogP contribution in [0.25, 0.3) is 0 Å². The number of fused-ring (bicyclic) bond motifs is 2. The maximum Gasteiger partial charge on any atom is -0.0246 e. The first-order valence-electron chi connectivity index (χ1n) is 4.98. The molecule has 0 radical (unpaired) electrons. The average Bonchev–Trinajstić information content (AvgIpc) is 2.20. The van der Waals surface area contributed by atoms with Crippen LogP contribution in [0.5, 0.6) is 0 Å². The molecular formula is C11H20. The highest BCUT2D eigenvalue weighted by Crippen LogP contribution is 2.67. The highest BCUT2D eigenvalue weighted by molar-refractivity contribution is 5.08. The zero-order valence-corrected chi connectivity index (χ0v) is 8.28. The quantitative estimate of drug-likeness (QED) is 0.498. The van der Waals surface area contributed by atoms with Gasteiger partial charge in [0.1, 0.15) is 0 Å². The molecule has 3 atom stereocenters. The second kappa shape index (κ2) is 1.84. The van der Waals surface area contributed by atoms with Crippen LogP contribution in [0.1, 0.15) is 47.0 Å². The van der Waals surface area contributed by atoms with Crippen molar-refractivity contribution in [2.75, 3.05) is 0 Å². The van der Waals surface area contributed by atoms with Gasteiger partial charge >= 0.3 is 0 Å². The van der Waals surface area contributed by atoms with E-state index < -0.39 is 0 Å². The largest absolute Gasteiger partial charge is 0.0620 e. The van der Waals surface area contributed by atoms with Crippen molar-refractivity contribution >= 4 is 0 Å². The van der Waals surface area contributed by atoms with E-state index in [1.165, 1.54) is 19.3 Å². The van der Waals surface area contributed by atoms with Gasteiger partial charge in [0.25, 0.3) is 0 Å². The lowest BCUT2D eigenvalue weighted by atomic mass is 9.67. The summed E-state index contributed by atoms with van der Waals surface area (Å²) in [5, 5.41) is 0. The number of hydrogen-bond donors (Lipinski definition) is 0. The standard InChI is InChI=1S/C11H20/c1-8-7-9-5-6-11(8,4)10(9,2)3/h8-9H,5-7H2,1-4H3/t8?,9-,11-/m0/s1. The van der Waals surface area contributed by atoms with Crippen LogP contribution in [-0.2, 0) is 0 Å². The Labute approximate surface area is 70.4 Å². The zero-order valence-electron chi connectivity index (χ0n) is 8.28. The third-order valence-corrected chi connectivity index (χ3v) is 5.23. The van der Waals surface area contributed by atoms with Gasteiger partial charge in [0.15, 0.2) is 0 Å². The third-order valence-electron chi connectivity index (χ3n) is 5.23. The van der Waals surface area contributed by atoms with Crippen LogP contribution in [0.3, 0.4) is 0 Å². The first-order chi connectivity index (χ1) is 4.98. The summed E-state index contributed by atoms with van der Waals surface area (Å²) in [4.78, 5) is 0. The van der Waals surface area contributed by atoms with Crippen LogP contribution in [0.4, 0.5) is 0 Å². The summed E-state index contributed by atoms with van der Waals surface area (Å²) in [6.45, 7) is 9.91. The molecule has 2 rings (SSSR count). The lowest BCUT2D eigenvalue weighted by Gasteiger charge is -2.37. The molecule has 64 valence electrons. The van der Waals surface area contributed by atoms with Gasteiger partial charge in [-0.1, -0.05) is 27.7 Å². The Morgan fingerprint density at radius 1 is 1.18 bits per heavy atom. The molecule has 2 fully saturated rings. The van der Waals surface area contributed by atoms with Gasteiger partial charge in [0.2, 0.25) is 0 Å². The van der Waals surface area contributed by atoms with E-state index in [9.17, 15) is 0 Å². The molecule has 0 aliphatic heterocycles. The Balaban J connectivity index is 2.40. The van der Waals surface area contributed by atoms with E-state index in [-0.39, 0.29) is 0 Å². The summed E-state index contributed by atoms with van der Waals surface area (Å²) in [6.07, 6.45) is 4.46. The summed E-state index contributed by atoms with van der Waals surface area (Å²) in [5.74, 6) is 2.00. The van der Waals surface area contributed by atoms with Crippen molar-refractivity contribution in [3.8, 4) is 0 Å². The first-order valence-corrected chi connectivity index (χ1v) is 4.98. The fourth-order valence-corrected chi connectivity index (χ4v) is 3.60. The molecule has 0 heterocycles. The van der Waals surface area contributed by atoms with Crippen molar-refractivity contribution in [1.82, 2.24) is 0 Å². The first kappa shape index (κ1) is 7.64. The van der Waals surface area contributed by atoms with Crippen LogP contribution in [0.15, 0.2) is 0 Å². The Bertz CT molecular complexity index is 180. The maximum atomic E-state index is 2.50. The number of rotatable bonds is 0. The maximum absolute atomic E-state index is 2.50. The predicted molar refractivity (Wildman–Crippen MR) is 48.4 cm³/mol. The summed E-state index contributed by atoms with van der Waals surface area (Å²) in [6, 6.07) is 0. The summed E-state index contributed by atoms with van der Waals surface area (Å²) >= 11 is 0. The van der Waals surface area contributed by atoms with Gasteiger partial charge in [-0.25, -0.2) is 0 Å². The van der Waals surface area contributed by atoms with Gasteiger partial charge in [0, 0.05) is 0 Å². The molecule has 0 heteroatoms. The fraction of sp³-hybridized carbons (Fsp3) is 1.00. The molecule has 1 unspecified atom stereocenters. The second-order valence-corrected chi connectivity index (χ2v) is 5.51. The molecule has 2 saturated carbocycles. The third kappa shape index (κ3) is 0.666. The molecule has 0 nitrogen and oxygen atoms in total. The molecule has 11 heavy (non-hydrogen) atoms. The SMILES string of the molecule is CC1C[C@@H]2CC[C@]1(C)C2(C)C. The highest BCUT2D eigenvalue weighted by atomic mass is 14.6. The van der Waals surface area contributed by atoms with Crippen LogP contribution >= 0.6 is 0 Å². The molecule has 0 N–H and O–H groups in total. The zero-order chi connectivity index (χ0) is 8.28. The highest BCUT2D eigenvalue weighted by Gasteiger charge is 2.59. The minimum Gasteiger partial charge on any atom is -0.0620 e.